The van der Waals surface area contributed by atoms with Gasteiger partial charge in [-0.05, 0) is 51.6 Å². The van der Waals surface area contributed by atoms with Crippen molar-refractivity contribution in [2.24, 2.45) is 0 Å². The van der Waals surface area contributed by atoms with E-state index in [4.69, 9.17) is 0 Å². The van der Waals surface area contributed by atoms with E-state index in [9.17, 15) is 4.79 Å². The van der Waals surface area contributed by atoms with Crippen molar-refractivity contribution in [2.45, 2.75) is 32.4 Å². The first-order valence-corrected chi connectivity index (χ1v) is 8.73. The molecule has 8 nitrogen and oxygen atoms in total. The van der Waals surface area contributed by atoms with Gasteiger partial charge in [0.05, 0.1) is 11.7 Å². The van der Waals surface area contributed by atoms with Gasteiger partial charge in [0.2, 0.25) is 0 Å². The summed E-state index contributed by atoms with van der Waals surface area (Å²) >= 11 is 0. The molecule has 3 heterocycles. The molecular weight excluding hydrogens is 330 g/mol. The van der Waals surface area contributed by atoms with Gasteiger partial charge in [-0.2, -0.15) is 15.4 Å². The molecule has 2 aromatic heterocycles. The van der Waals surface area contributed by atoms with Crippen LogP contribution < -0.4 is 5.32 Å². The lowest BCUT2D eigenvalue weighted by Crippen LogP contribution is -2.26. The molecule has 134 valence electrons. The second-order valence-electron chi connectivity index (χ2n) is 6.68. The number of aryl methyl sites for hydroxylation is 1. The van der Waals surface area contributed by atoms with E-state index in [1.54, 1.807) is 18.2 Å². The lowest BCUT2D eigenvalue weighted by molar-refractivity contribution is 0.0950. The number of nitrogens with one attached hydrogen (secondary N) is 2. The molecule has 8 heteroatoms. The summed E-state index contributed by atoms with van der Waals surface area (Å²) in [4.78, 5) is 23.8. The van der Waals surface area contributed by atoms with Crippen LogP contribution in [0.5, 0.6) is 0 Å². The van der Waals surface area contributed by atoms with E-state index < -0.39 is 0 Å². The summed E-state index contributed by atoms with van der Waals surface area (Å²) in [6.45, 7) is 3.36. The molecule has 1 aliphatic rings. The smallest absolute Gasteiger partial charge is 0.251 e. The van der Waals surface area contributed by atoms with Gasteiger partial charge in [-0.3, -0.25) is 9.69 Å². The molecule has 1 atom stereocenters. The average Bonchev–Trinajstić information content (AvgIpc) is 3.28. The Labute approximate surface area is 151 Å². The zero-order valence-corrected chi connectivity index (χ0v) is 14.9. The maximum Gasteiger partial charge on any atom is 0.251 e. The van der Waals surface area contributed by atoms with E-state index in [1.165, 1.54) is 0 Å². The highest BCUT2D eigenvalue weighted by Crippen LogP contribution is 2.31. The number of benzene rings is 1. The summed E-state index contributed by atoms with van der Waals surface area (Å²) in [5.74, 6) is 0.605. The Morgan fingerprint density at radius 3 is 3.00 bits per heavy atom. The molecule has 1 aliphatic heterocycles. The van der Waals surface area contributed by atoms with Gasteiger partial charge in [0, 0.05) is 23.9 Å². The van der Waals surface area contributed by atoms with Crippen molar-refractivity contribution in [2.75, 3.05) is 13.6 Å². The molecule has 0 saturated carbocycles. The van der Waals surface area contributed by atoms with Crippen LogP contribution in [0.25, 0.3) is 11.0 Å². The van der Waals surface area contributed by atoms with E-state index in [2.05, 4.69) is 42.6 Å². The minimum absolute atomic E-state index is 0.152. The average molecular weight is 351 g/mol. The minimum atomic E-state index is -0.152. The van der Waals surface area contributed by atoms with Gasteiger partial charge < -0.3 is 5.32 Å². The van der Waals surface area contributed by atoms with Crippen LogP contribution in [0, 0.1) is 6.92 Å². The molecule has 1 amide bonds. The van der Waals surface area contributed by atoms with E-state index in [0.717, 1.165) is 42.0 Å². The van der Waals surface area contributed by atoms with Gasteiger partial charge in [-0.25, -0.2) is 9.97 Å². The molecule has 0 spiro atoms. The van der Waals surface area contributed by atoms with Crippen LogP contribution in [-0.4, -0.2) is 49.8 Å². The third-order valence-corrected chi connectivity index (χ3v) is 4.87. The molecule has 2 N–H and O–H groups in total. The normalized spacial score (nSPS) is 17.7. The summed E-state index contributed by atoms with van der Waals surface area (Å²) in [7, 11) is 2.12. The molecule has 1 saturated heterocycles. The van der Waals surface area contributed by atoms with Gasteiger partial charge in [-0.1, -0.05) is 0 Å². The van der Waals surface area contributed by atoms with Crippen molar-refractivity contribution in [3.05, 3.63) is 47.0 Å². The summed E-state index contributed by atoms with van der Waals surface area (Å²) in [6.07, 6.45) is 4.06. The molecule has 0 bridgehead atoms. The fourth-order valence-electron chi connectivity index (χ4n) is 3.45. The van der Waals surface area contributed by atoms with Crippen LogP contribution >= 0.6 is 0 Å². The lowest BCUT2D eigenvalue weighted by Gasteiger charge is -2.21. The first-order chi connectivity index (χ1) is 12.6. The largest absolute Gasteiger partial charge is 0.348 e. The monoisotopic (exact) mass is 351 g/mol. The van der Waals surface area contributed by atoms with Crippen LogP contribution in [0.15, 0.2) is 24.4 Å². The number of fused-ring (bicyclic) bond motifs is 1. The summed E-state index contributed by atoms with van der Waals surface area (Å²) in [5, 5.41) is 13.5. The zero-order valence-electron chi connectivity index (χ0n) is 14.9. The molecule has 1 aromatic carbocycles. The van der Waals surface area contributed by atoms with E-state index >= 15 is 0 Å². The number of nitrogens with zero attached hydrogens (tertiary/aromatic N) is 5. The zero-order chi connectivity index (χ0) is 18.1. The number of hydrogen-bond acceptors (Lipinski definition) is 6. The Morgan fingerprint density at radius 1 is 1.35 bits per heavy atom. The fraction of sp³-hybridized carbons (Fsp3) is 0.389. The van der Waals surface area contributed by atoms with Crippen LogP contribution in [0.1, 0.15) is 46.3 Å². The molecule has 0 unspecified atom stereocenters. The number of likely N-dealkylation sites (tertiary alicyclic amines) is 1. The molecular formula is C18H21N7O. The van der Waals surface area contributed by atoms with E-state index in [-0.39, 0.29) is 11.9 Å². The molecule has 0 aliphatic carbocycles. The molecule has 4 rings (SSSR count). The lowest BCUT2D eigenvalue weighted by atomic mass is 10.1. The van der Waals surface area contributed by atoms with Gasteiger partial charge in [-0.15, -0.1) is 0 Å². The first kappa shape index (κ1) is 16.6. The third-order valence-electron chi connectivity index (χ3n) is 4.87. The van der Waals surface area contributed by atoms with Crippen molar-refractivity contribution in [1.29, 1.82) is 0 Å². The quantitative estimate of drug-likeness (QED) is 0.743. The molecule has 0 radical (unpaired) electrons. The number of aromatic amines is 1. The predicted octanol–water partition coefficient (Wildman–Crippen LogP) is 1.75. The van der Waals surface area contributed by atoms with Crippen molar-refractivity contribution in [3.8, 4) is 0 Å². The van der Waals surface area contributed by atoms with Crippen molar-refractivity contribution >= 4 is 16.9 Å². The maximum absolute atomic E-state index is 12.5. The van der Waals surface area contributed by atoms with Gasteiger partial charge in [0.15, 0.2) is 0 Å². The number of carbonyl (C=O) groups excluding carboxylic acids is 1. The fourth-order valence-corrected chi connectivity index (χ4v) is 3.45. The summed E-state index contributed by atoms with van der Waals surface area (Å²) in [6, 6.07) is 5.54. The highest BCUT2D eigenvalue weighted by Gasteiger charge is 2.26. The number of H-pyrrole nitrogens is 1. The molecule has 1 fully saturated rings. The van der Waals surface area contributed by atoms with Gasteiger partial charge in [0.1, 0.15) is 16.9 Å². The number of carbonyl (C=O) groups is 1. The van der Waals surface area contributed by atoms with Gasteiger partial charge in [0.25, 0.3) is 5.91 Å². The second kappa shape index (κ2) is 6.80. The maximum atomic E-state index is 12.5. The highest BCUT2D eigenvalue weighted by atomic mass is 16.1. The van der Waals surface area contributed by atoms with Crippen molar-refractivity contribution in [3.63, 3.8) is 0 Å². The first-order valence-electron chi connectivity index (χ1n) is 8.73. The van der Waals surface area contributed by atoms with E-state index in [0.29, 0.717) is 17.6 Å². The topological polar surface area (TPSA) is 99.7 Å². The summed E-state index contributed by atoms with van der Waals surface area (Å²) in [5.41, 5.74) is 3.94. The Morgan fingerprint density at radius 2 is 2.19 bits per heavy atom. The Bertz CT molecular complexity index is 952. The number of amides is 1. The second-order valence-corrected chi connectivity index (χ2v) is 6.68. The minimum Gasteiger partial charge on any atom is -0.348 e. The Kier molecular flexibility index (Phi) is 4.34. The number of aromatic nitrogens is 5. The predicted molar refractivity (Wildman–Crippen MR) is 96.4 cm³/mol. The standard InChI is InChI=1S/C18H21N7O/c1-11-19-9-13(17(21-11)16-4-3-7-25(16)2)10-20-18(26)12-5-6-14-15(8-12)23-24-22-14/h5-6,8-9,16H,3-4,7,10H2,1-2H3,(H,20,26)(H,22,23,24)/t16-/m1/s1. The van der Waals surface area contributed by atoms with Gasteiger partial charge >= 0.3 is 0 Å². The van der Waals surface area contributed by atoms with Crippen LogP contribution in [0.4, 0.5) is 0 Å². The summed E-state index contributed by atoms with van der Waals surface area (Å²) < 4.78 is 0. The van der Waals surface area contributed by atoms with Crippen LogP contribution in [0.3, 0.4) is 0 Å². The molecule has 3 aromatic rings. The number of hydrogen-bond donors (Lipinski definition) is 2. The van der Waals surface area contributed by atoms with Crippen molar-refractivity contribution in [1.82, 2.24) is 35.6 Å². The Hall–Kier alpha value is -2.87. The third kappa shape index (κ3) is 3.15. The highest BCUT2D eigenvalue weighted by molar-refractivity contribution is 5.97. The van der Waals surface area contributed by atoms with Crippen LogP contribution in [-0.2, 0) is 6.54 Å². The van der Waals surface area contributed by atoms with Crippen LogP contribution in [0.2, 0.25) is 0 Å². The van der Waals surface area contributed by atoms with Crippen molar-refractivity contribution < 1.29 is 4.79 Å². The Balaban J connectivity index is 1.52. The SMILES string of the molecule is Cc1ncc(CNC(=O)c2ccc3n[nH]nc3c2)c([C@H]2CCCN2C)n1. The number of rotatable bonds is 4. The molecule has 26 heavy (non-hydrogen) atoms. The van der Waals surface area contributed by atoms with E-state index in [1.807, 2.05) is 13.1 Å².